The lowest BCUT2D eigenvalue weighted by atomic mass is 9.84. The van der Waals surface area contributed by atoms with E-state index in [1.54, 1.807) is 0 Å². The minimum Gasteiger partial charge on any atom is -0.456 e. The van der Waals surface area contributed by atoms with Crippen LogP contribution in [0.2, 0.25) is 0 Å². The van der Waals surface area contributed by atoms with Gasteiger partial charge in [-0.2, -0.15) is 0 Å². The second-order valence-corrected chi connectivity index (χ2v) is 17.1. The van der Waals surface area contributed by atoms with Crippen molar-refractivity contribution in [1.82, 2.24) is 0 Å². The van der Waals surface area contributed by atoms with E-state index < -0.39 is 0 Å². The van der Waals surface area contributed by atoms with Gasteiger partial charge in [-0.05, 0) is 151 Å². The summed E-state index contributed by atoms with van der Waals surface area (Å²) in [6.07, 6.45) is 0. The summed E-state index contributed by atoms with van der Waals surface area (Å²) in [4.78, 5) is 0. The Bertz CT molecular complexity index is 4100. The Hall–Kier alpha value is -8.26. The molecule has 1 heterocycles. The van der Waals surface area contributed by atoms with Crippen LogP contribution in [0.5, 0.6) is 0 Å². The molecular weight excluding hydrogens is 761 g/mol. The second kappa shape index (κ2) is 13.1. The van der Waals surface area contributed by atoms with Gasteiger partial charge in [0.2, 0.25) is 0 Å². The van der Waals surface area contributed by atoms with Crippen LogP contribution in [-0.4, -0.2) is 0 Å². The van der Waals surface area contributed by atoms with Crippen molar-refractivity contribution < 1.29 is 4.42 Å². The maximum absolute atomic E-state index is 6.34. The molecule has 0 N–H and O–H groups in total. The quantitative estimate of drug-likeness (QED) is 0.158. The number of fused-ring (bicyclic) bond motifs is 3. The van der Waals surface area contributed by atoms with Gasteiger partial charge in [0.1, 0.15) is 11.2 Å². The van der Waals surface area contributed by atoms with Crippen LogP contribution in [0.3, 0.4) is 0 Å². The topological polar surface area (TPSA) is 13.1 Å². The summed E-state index contributed by atoms with van der Waals surface area (Å²) >= 11 is 0. The van der Waals surface area contributed by atoms with Gasteiger partial charge in [0.15, 0.2) is 0 Å². The normalized spacial score (nSPS) is 12.1. The second-order valence-electron chi connectivity index (χ2n) is 17.1. The van der Waals surface area contributed by atoms with E-state index in [-0.39, 0.29) is 0 Å². The predicted molar refractivity (Wildman–Crippen MR) is 268 cm³/mol. The van der Waals surface area contributed by atoms with Crippen LogP contribution in [0.15, 0.2) is 223 Å². The molecule has 63 heavy (non-hydrogen) atoms. The highest BCUT2D eigenvalue weighted by atomic mass is 16.3. The average molecular weight is 797 g/mol. The van der Waals surface area contributed by atoms with Crippen molar-refractivity contribution in [1.29, 1.82) is 0 Å². The van der Waals surface area contributed by atoms with Gasteiger partial charge in [0, 0.05) is 10.8 Å². The molecule has 13 aromatic carbocycles. The fraction of sp³-hybridized carbons (Fsp3) is 0. The highest BCUT2D eigenvalue weighted by molar-refractivity contribution is 6.27. The Labute approximate surface area is 363 Å². The van der Waals surface area contributed by atoms with E-state index in [9.17, 15) is 0 Å². The van der Waals surface area contributed by atoms with Gasteiger partial charge in [-0.15, -0.1) is 0 Å². The average Bonchev–Trinajstić information content (AvgIpc) is 3.73. The van der Waals surface area contributed by atoms with Gasteiger partial charge in [-0.3, -0.25) is 0 Å². The van der Waals surface area contributed by atoms with Crippen molar-refractivity contribution >= 4 is 86.6 Å². The van der Waals surface area contributed by atoms with Crippen molar-refractivity contribution in [3.63, 3.8) is 0 Å². The number of benzene rings is 13. The number of para-hydroxylation sites is 1. The summed E-state index contributed by atoms with van der Waals surface area (Å²) in [5.41, 5.74) is 13.8. The van der Waals surface area contributed by atoms with Crippen LogP contribution in [-0.2, 0) is 0 Å². The first-order chi connectivity index (χ1) is 31.2. The van der Waals surface area contributed by atoms with Crippen LogP contribution in [0, 0.1) is 0 Å². The monoisotopic (exact) mass is 796 g/mol. The van der Waals surface area contributed by atoms with Crippen LogP contribution in [0.4, 0.5) is 0 Å². The van der Waals surface area contributed by atoms with Crippen molar-refractivity contribution in [3.8, 4) is 55.6 Å². The van der Waals surface area contributed by atoms with E-state index in [1.165, 1.54) is 115 Å². The third-order valence-electron chi connectivity index (χ3n) is 13.8. The van der Waals surface area contributed by atoms with Crippen molar-refractivity contribution in [3.05, 3.63) is 218 Å². The highest BCUT2D eigenvalue weighted by Crippen LogP contribution is 2.47. The van der Waals surface area contributed by atoms with Crippen molar-refractivity contribution in [2.45, 2.75) is 0 Å². The standard InChI is InChI=1S/C62H36O/c1-2-8-37(9-3-1)54-34-44(24-29-49(54)47-27-20-42-18-16-38-10-6-12-40-22-31-52(47)61(42)59(38)40)45-25-30-50(55(35-45)46-26-33-58-56(36-46)51-14-4-5-15-57(51)63-58)48-28-21-43-19-17-39-11-7-13-41-23-32-53(48)62(43)60(39)41/h1-36H. The third-order valence-corrected chi connectivity index (χ3v) is 13.8. The minimum absolute atomic E-state index is 0.898. The molecule has 14 rings (SSSR count). The maximum Gasteiger partial charge on any atom is 0.135 e. The molecule has 0 saturated heterocycles. The van der Waals surface area contributed by atoms with Crippen LogP contribution < -0.4 is 0 Å². The first-order valence-electron chi connectivity index (χ1n) is 21.8. The summed E-state index contributed by atoms with van der Waals surface area (Å²) in [5, 5.41) is 17.8. The smallest absolute Gasteiger partial charge is 0.135 e. The Morgan fingerprint density at radius 2 is 0.651 bits per heavy atom. The molecule has 1 nitrogen and oxygen atoms in total. The van der Waals surface area contributed by atoms with Gasteiger partial charge >= 0.3 is 0 Å². The molecule has 0 aliphatic carbocycles. The summed E-state index contributed by atoms with van der Waals surface area (Å²) < 4.78 is 6.34. The number of rotatable bonds is 5. The molecule has 0 atom stereocenters. The van der Waals surface area contributed by atoms with Crippen molar-refractivity contribution in [2.75, 3.05) is 0 Å². The highest BCUT2D eigenvalue weighted by Gasteiger charge is 2.20. The molecule has 0 fully saturated rings. The van der Waals surface area contributed by atoms with Gasteiger partial charge < -0.3 is 4.42 Å². The van der Waals surface area contributed by atoms with E-state index >= 15 is 0 Å². The molecule has 0 amide bonds. The van der Waals surface area contributed by atoms with Crippen LogP contribution in [0.25, 0.3) is 142 Å². The predicted octanol–water partition coefficient (Wildman–Crippen LogP) is 17.7. The molecule has 0 aliphatic rings. The van der Waals surface area contributed by atoms with Crippen LogP contribution in [0.1, 0.15) is 0 Å². The summed E-state index contributed by atoms with van der Waals surface area (Å²) in [6, 6.07) is 80.9. The summed E-state index contributed by atoms with van der Waals surface area (Å²) in [5.74, 6) is 0. The Morgan fingerprint density at radius 1 is 0.206 bits per heavy atom. The lowest BCUT2D eigenvalue weighted by molar-refractivity contribution is 0.669. The zero-order chi connectivity index (χ0) is 41.2. The molecule has 0 unspecified atom stereocenters. The summed E-state index contributed by atoms with van der Waals surface area (Å²) in [6.45, 7) is 0. The van der Waals surface area contributed by atoms with Gasteiger partial charge in [-0.25, -0.2) is 0 Å². The van der Waals surface area contributed by atoms with E-state index in [1.807, 2.05) is 6.07 Å². The number of hydrogen-bond donors (Lipinski definition) is 0. The largest absolute Gasteiger partial charge is 0.456 e. The van der Waals surface area contributed by atoms with E-state index in [0.29, 0.717) is 0 Å². The number of furan rings is 1. The van der Waals surface area contributed by atoms with E-state index in [2.05, 4.69) is 212 Å². The molecule has 0 bridgehead atoms. The molecule has 290 valence electrons. The van der Waals surface area contributed by atoms with Gasteiger partial charge in [0.25, 0.3) is 0 Å². The van der Waals surface area contributed by atoms with E-state index in [4.69, 9.17) is 4.42 Å². The molecule has 1 heteroatoms. The molecule has 14 aromatic rings. The molecule has 1 aromatic heterocycles. The SMILES string of the molecule is c1ccc(-c2cc(-c3ccc(-c4ccc5ccc6cccc7ccc4c5c67)c(-c4ccc5oc6ccccc6c5c4)c3)ccc2-c2ccc3ccc4cccc5ccc2c3c45)cc1. The fourth-order valence-electron chi connectivity index (χ4n) is 10.8. The lowest BCUT2D eigenvalue weighted by Gasteiger charge is -2.19. The molecule has 0 saturated carbocycles. The van der Waals surface area contributed by atoms with Crippen LogP contribution >= 0.6 is 0 Å². The Balaban J connectivity index is 1.00. The molecular formula is C62H36O. The first kappa shape index (κ1) is 34.5. The maximum atomic E-state index is 6.34. The minimum atomic E-state index is 0.898. The fourth-order valence-corrected chi connectivity index (χ4v) is 10.8. The number of hydrogen-bond acceptors (Lipinski definition) is 1. The van der Waals surface area contributed by atoms with Gasteiger partial charge in [0.05, 0.1) is 0 Å². The zero-order valence-corrected chi connectivity index (χ0v) is 34.2. The third kappa shape index (κ3) is 5.11. The molecule has 0 radical (unpaired) electrons. The zero-order valence-electron chi connectivity index (χ0n) is 34.2. The lowest BCUT2D eigenvalue weighted by Crippen LogP contribution is -1.92. The molecule has 0 spiro atoms. The first-order valence-corrected chi connectivity index (χ1v) is 21.8. The molecule has 0 aliphatic heterocycles. The van der Waals surface area contributed by atoms with Gasteiger partial charge in [-0.1, -0.05) is 188 Å². The Morgan fingerprint density at radius 3 is 1.24 bits per heavy atom. The van der Waals surface area contributed by atoms with E-state index in [0.717, 1.165) is 27.5 Å². The summed E-state index contributed by atoms with van der Waals surface area (Å²) in [7, 11) is 0. The Kier molecular flexibility index (Phi) is 7.17. The van der Waals surface area contributed by atoms with Crippen molar-refractivity contribution in [2.24, 2.45) is 0 Å².